The molecule has 5 rings (SSSR count). The van der Waals surface area contributed by atoms with E-state index in [0.717, 1.165) is 49.7 Å². The van der Waals surface area contributed by atoms with Gasteiger partial charge in [0.2, 0.25) is 5.91 Å². The number of carbonyl (C=O) groups excluding carboxylic acids is 1. The first kappa shape index (κ1) is 46.4. The van der Waals surface area contributed by atoms with Crippen LogP contribution >= 0.6 is 0 Å². The van der Waals surface area contributed by atoms with Crippen molar-refractivity contribution in [1.29, 1.82) is 0 Å². The van der Waals surface area contributed by atoms with Crippen molar-refractivity contribution in [2.45, 2.75) is 77.3 Å². The van der Waals surface area contributed by atoms with E-state index in [1.54, 1.807) is 17.8 Å². The van der Waals surface area contributed by atoms with E-state index in [0.29, 0.717) is 134 Å². The second-order valence-electron chi connectivity index (χ2n) is 15.4. The van der Waals surface area contributed by atoms with E-state index in [4.69, 9.17) is 38.1 Å². The standard InChI is InChI=1S/C44H67N5O10/c1-47-40-42(48(33-36-9-5-3-6-10-36)44(52)49(43(40)51)34-37-11-7-4-8-12-37)46-41(47)38-16-13-35(14-17-38)15-18-39(50)45-19-20-54-23-24-56-27-28-58-31-32-59-30-29-57-26-25-55-22-21-53-2/h13-18,36-37H,3-12,19-34H2,1-2H3,(H,45,50)/b18-15+. The minimum absolute atomic E-state index is 0.221. The summed E-state index contributed by atoms with van der Waals surface area (Å²) in [5.41, 5.74) is 2.13. The molecule has 2 saturated carbocycles. The molecule has 2 heterocycles. The first-order chi connectivity index (χ1) is 29.0. The van der Waals surface area contributed by atoms with Gasteiger partial charge in [0, 0.05) is 45.4 Å². The largest absolute Gasteiger partial charge is 0.382 e. The lowest BCUT2D eigenvalue weighted by Crippen LogP contribution is -2.43. The first-order valence-corrected chi connectivity index (χ1v) is 21.7. The van der Waals surface area contributed by atoms with Crippen molar-refractivity contribution in [3.63, 3.8) is 0 Å². The van der Waals surface area contributed by atoms with Gasteiger partial charge in [0.25, 0.3) is 5.56 Å². The molecule has 2 fully saturated rings. The fraction of sp³-hybridized carbons (Fsp3) is 0.682. The lowest BCUT2D eigenvalue weighted by Gasteiger charge is -2.24. The number of imidazole rings is 1. The van der Waals surface area contributed by atoms with Gasteiger partial charge in [0.1, 0.15) is 5.82 Å². The van der Waals surface area contributed by atoms with Crippen LogP contribution < -0.4 is 16.6 Å². The average molecular weight is 826 g/mol. The molecule has 15 nitrogen and oxygen atoms in total. The highest BCUT2D eigenvalue weighted by Gasteiger charge is 2.25. The van der Waals surface area contributed by atoms with Crippen molar-refractivity contribution in [3.05, 3.63) is 56.7 Å². The molecule has 328 valence electrons. The molecule has 0 unspecified atom stereocenters. The SMILES string of the molecule is COCCOCCOCCOCCOCCOCCOCCNC(=O)/C=C/c1ccc(-c2nc3c(c(=O)n(CC4CCCCC4)c(=O)n3CC3CCCCC3)n2C)cc1. The summed E-state index contributed by atoms with van der Waals surface area (Å²) in [7, 11) is 3.50. The number of hydrogen-bond acceptors (Lipinski definition) is 11. The van der Waals surface area contributed by atoms with E-state index in [1.807, 2.05) is 35.9 Å². The number of nitrogens with one attached hydrogen (secondary N) is 1. The van der Waals surface area contributed by atoms with Crippen molar-refractivity contribution in [2.75, 3.05) is 99.5 Å². The monoisotopic (exact) mass is 825 g/mol. The predicted molar refractivity (Wildman–Crippen MR) is 227 cm³/mol. The van der Waals surface area contributed by atoms with Crippen LogP contribution in [0.25, 0.3) is 28.6 Å². The fourth-order valence-corrected chi connectivity index (χ4v) is 7.77. The van der Waals surface area contributed by atoms with Crippen LogP contribution in [0.1, 0.15) is 69.8 Å². The Kier molecular flexibility index (Phi) is 20.8. The Morgan fingerprint density at radius 3 is 1.66 bits per heavy atom. The Balaban J connectivity index is 0.997. The smallest absolute Gasteiger partial charge is 0.332 e. The molecule has 59 heavy (non-hydrogen) atoms. The maximum absolute atomic E-state index is 14.0. The number of aromatic nitrogens is 4. The fourth-order valence-electron chi connectivity index (χ4n) is 7.77. The van der Waals surface area contributed by atoms with Crippen LogP contribution in [0.3, 0.4) is 0 Å². The molecular formula is C44H67N5O10. The third-order valence-corrected chi connectivity index (χ3v) is 11.0. The lowest BCUT2D eigenvalue weighted by molar-refractivity contribution is -0.116. The normalized spacial score (nSPS) is 15.5. The van der Waals surface area contributed by atoms with Crippen molar-refractivity contribution in [1.82, 2.24) is 24.0 Å². The molecule has 0 aliphatic heterocycles. The number of hydrogen-bond donors (Lipinski definition) is 1. The Morgan fingerprint density at radius 2 is 1.15 bits per heavy atom. The highest BCUT2D eigenvalue weighted by atomic mass is 16.6. The maximum atomic E-state index is 14.0. The van der Waals surface area contributed by atoms with E-state index in [1.165, 1.54) is 36.3 Å². The highest BCUT2D eigenvalue weighted by molar-refractivity contribution is 5.91. The van der Waals surface area contributed by atoms with E-state index < -0.39 is 0 Å². The van der Waals surface area contributed by atoms with Gasteiger partial charge in [-0.25, -0.2) is 9.78 Å². The zero-order chi connectivity index (χ0) is 41.5. The van der Waals surface area contributed by atoms with Gasteiger partial charge in [-0.05, 0) is 49.2 Å². The number of carbonyl (C=O) groups is 1. The van der Waals surface area contributed by atoms with Gasteiger partial charge in [0.05, 0.1) is 85.9 Å². The van der Waals surface area contributed by atoms with Crippen molar-refractivity contribution in [3.8, 4) is 11.4 Å². The number of rotatable bonds is 28. The van der Waals surface area contributed by atoms with E-state index >= 15 is 0 Å². The van der Waals surface area contributed by atoms with Gasteiger partial charge in [-0.2, -0.15) is 0 Å². The van der Waals surface area contributed by atoms with Gasteiger partial charge < -0.3 is 43.0 Å². The number of nitrogens with zero attached hydrogens (tertiary/aromatic N) is 4. The molecule has 2 aromatic heterocycles. The minimum atomic E-state index is -0.254. The number of fused-ring (bicyclic) bond motifs is 1. The highest BCUT2D eigenvalue weighted by Crippen LogP contribution is 2.28. The summed E-state index contributed by atoms with van der Waals surface area (Å²) in [5, 5.41) is 2.83. The number of aryl methyl sites for hydroxylation is 1. The van der Waals surface area contributed by atoms with Gasteiger partial charge in [-0.1, -0.05) is 62.8 Å². The van der Waals surface area contributed by atoms with Crippen molar-refractivity contribution < 1.29 is 38.0 Å². The van der Waals surface area contributed by atoms with Crippen LogP contribution in [0.5, 0.6) is 0 Å². The van der Waals surface area contributed by atoms with Crippen LogP contribution in [0.4, 0.5) is 0 Å². The Bertz CT molecular complexity index is 1810. The molecule has 1 aromatic carbocycles. The van der Waals surface area contributed by atoms with Crippen LogP contribution in [-0.2, 0) is 58.1 Å². The molecule has 2 aliphatic carbocycles. The molecule has 3 aromatic rings. The van der Waals surface area contributed by atoms with E-state index in [9.17, 15) is 14.4 Å². The van der Waals surface area contributed by atoms with E-state index in [2.05, 4.69) is 5.32 Å². The molecule has 0 atom stereocenters. The second kappa shape index (κ2) is 26.5. The maximum Gasteiger partial charge on any atom is 0.332 e. The number of amides is 1. The van der Waals surface area contributed by atoms with Gasteiger partial charge in [0.15, 0.2) is 11.2 Å². The topological polar surface area (TPSA) is 156 Å². The summed E-state index contributed by atoms with van der Waals surface area (Å²) in [6.07, 6.45) is 14.6. The predicted octanol–water partition coefficient (Wildman–Crippen LogP) is 4.60. The summed E-state index contributed by atoms with van der Waals surface area (Å²) in [6.45, 7) is 7.78. The summed E-state index contributed by atoms with van der Waals surface area (Å²) >= 11 is 0. The van der Waals surface area contributed by atoms with Gasteiger partial charge in [-0.3, -0.25) is 18.7 Å². The van der Waals surface area contributed by atoms with Crippen molar-refractivity contribution in [2.24, 2.45) is 18.9 Å². The Labute approximate surface area is 348 Å². The molecule has 2 aliphatic rings. The number of methoxy groups -OCH3 is 1. The molecule has 1 N–H and O–H groups in total. The second-order valence-corrected chi connectivity index (χ2v) is 15.4. The molecule has 15 heteroatoms. The summed E-state index contributed by atoms with van der Waals surface area (Å²) < 4.78 is 42.8. The lowest BCUT2D eigenvalue weighted by atomic mass is 9.89. The first-order valence-electron chi connectivity index (χ1n) is 21.7. The summed E-state index contributed by atoms with van der Waals surface area (Å²) in [5.74, 6) is 1.16. The quantitative estimate of drug-likeness (QED) is 0.0807. The number of ether oxygens (including phenoxy) is 7. The van der Waals surface area contributed by atoms with Crippen LogP contribution in [0.2, 0.25) is 0 Å². The van der Waals surface area contributed by atoms with Crippen LogP contribution in [0.15, 0.2) is 39.9 Å². The van der Waals surface area contributed by atoms with E-state index in [-0.39, 0.29) is 17.2 Å². The minimum Gasteiger partial charge on any atom is -0.382 e. The Hall–Kier alpha value is -3.70. The van der Waals surface area contributed by atoms with Crippen molar-refractivity contribution >= 4 is 23.1 Å². The average Bonchev–Trinajstić information content (AvgIpc) is 3.61. The summed E-state index contributed by atoms with van der Waals surface area (Å²) in [4.78, 5) is 45.4. The van der Waals surface area contributed by atoms with Crippen LogP contribution in [0, 0.1) is 11.8 Å². The Morgan fingerprint density at radius 1 is 0.678 bits per heavy atom. The third-order valence-electron chi connectivity index (χ3n) is 11.0. The molecule has 0 saturated heterocycles. The third kappa shape index (κ3) is 15.4. The summed E-state index contributed by atoms with van der Waals surface area (Å²) in [6, 6.07) is 7.70. The zero-order valence-corrected chi connectivity index (χ0v) is 35.4. The molecule has 0 radical (unpaired) electrons. The van der Waals surface area contributed by atoms with Gasteiger partial charge in [-0.15, -0.1) is 0 Å². The molecule has 0 spiro atoms. The molecule has 1 amide bonds. The molecule has 0 bridgehead atoms. The zero-order valence-electron chi connectivity index (χ0n) is 35.4. The molecular weight excluding hydrogens is 759 g/mol. The van der Waals surface area contributed by atoms with Crippen LogP contribution in [-0.4, -0.2) is 124 Å². The van der Waals surface area contributed by atoms with Gasteiger partial charge >= 0.3 is 5.69 Å². The number of benzene rings is 1.